The second-order valence-corrected chi connectivity index (χ2v) is 14.7. The molecule has 12 nitrogen and oxygen atoms in total. The zero-order chi connectivity index (χ0) is 35.6. The number of nitrogens with zero attached hydrogens (tertiary/aromatic N) is 6. The molecule has 5 aromatic rings. The lowest BCUT2D eigenvalue weighted by atomic mass is 9.86. The van der Waals surface area contributed by atoms with Crippen LogP contribution >= 0.6 is 0 Å². The fourth-order valence-electron chi connectivity index (χ4n) is 6.84. The monoisotopic (exact) mass is 724 g/mol. The van der Waals surface area contributed by atoms with Crippen molar-refractivity contribution in [3.8, 4) is 5.75 Å². The van der Waals surface area contributed by atoms with Crippen LogP contribution in [-0.2, 0) is 48.1 Å². The van der Waals surface area contributed by atoms with E-state index in [0.717, 1.165) is 11.6 Å². The molecule has 2 saturated heterocycles. The van der Waals surface area contributed by atoms with Gasteiger partial charge in [0.25, 0.3) is 10.1 Å². The van der Waals surface area contributed by atoms with Crippen LogP contribution in [0.15, 0.2) is 90.9 Å². The summed E-state index contributed by atoms with van der Waals surface area (Å²) < 4.78 is 97.4. The molecule has 2 fully saturated rings. The van der Waals surface area contributed by atoms with Crippen molar-refractivity contribution in [3.63, 3.8) is 0 Å². The molecule has 0 unspecified atom stereocenters. The normalized spacial score (nSPS) is 23.5. The Morgan fingerprint density at radius 3 is 1.90 bits per heavy atom. The summed E-state index contributed by atoms with van der Waals surface area (Å²) in [5.41, 5.74) is -0.985. The summed E-state index contributed by atoms with van der Waals surface area (Å²) in [6, 6.07) is 14.2. The van der Waals surface area contributed by atoms with Crippen molar-refractivity contribution in [2.45, 2.75) is 49.0 Å². The Balaban J connectivity index is 1.04. The van der Waals surface area contributed by atoms with Crippen LogP contribution < -0.4 is 4.74 Å². The number of halogens is 3. The first-order valence-electron chi connectivity index (χ1n) is 16.3. The zero-order valence-corrected chi connectivity index (χ0v) is 28.4. The summed E-state index contributed by atoms with van der Waals surface area (Å²) in [4.78, 5) is 8.01. The number of hydrogen-bond acceptors (Lipinski definition) is 10. The SMILES string of the molecule is Cc1ccc(S(=O)(=O)OC[C@@H]2CO[C@@](Cn3cncn3)(c3ccc(OC[C@@H]4CO[C@@](Cn5cncn5)(c5ccc(F)cc5F)C4)cc3F)C2)cc1. The average Bonchev–Trinajstić information content (AvgIpc) is 3.93. The molecule has 268 valence electrons. The highest BCUT2D eigenvalue weighted by atomic mass is 32.2. The van der Waals surface area contributed by atoms with Crippen molar-refractivity contribution in [2.75, 3.05) is 26.4 Å². The van der Waals surface area contributed by atoms with Gasteiger partial charge in [0.05, 0.1) is 44.4 Å². The Kier molecular flexibility index (Phi) is 9.67. The lowest BCUT2D eigenvalue weighted by Gasteiger charge is -2.30. The van der Waals surface area contributed by atoms with Crippen LogP contribution in [0.1, 0.15) is 29.5 Å². The molecule has 2 aliphatic heterocycles. The molecule has 2 aliphatic rings. The van der Waals surface area contributed by atoms with Gasteiger partial charge in [0, 0.05) is 35.1 Å². The van der Waals surface area contributed by atoms with Crippen molar-refractivity contribution in [1.29, 1.82) is 0 Å². The predicted molar refractivity (Wildman–Crippen MR) is 174 cm³/mol. The molecule has 0 radical (unpaired) electrons. The van der Waals surface area contributed by atoms with Gasteiger partial charge in [-0.2, -0.15) is 18.6 Å². The van der Waals surface area contributed by atoms with E-state index < -0.39 is 38.8 Å². The standard InChI is InChI=1S/C35H35F3N6O6S/c1-24-2-6-29(7-3-24)51(45,46)50-17-26-13-35(49-16-26,19-44-23-40-21-42-44)31-9-5-28(11-33(31)38)47-14-25-12-34(48-15-25,18-43-22-39-20-41-43)30-8-4-27(36)10-32(30)37/h2-11,20-23,25-26H,12-19H2,1H3/t25-,26+,34+,35+/m1/s1. The minimum absolute atomic E-state index is 0.0511. The Labute approximate surface area is 292 Å². The van der Waals surface area contributed by atoms with Gasteiger partial charge in [-0.15, -0.1) is 0 Å². The van der Waals surface area contributed by atoms with Gasteiger partial charge in [-0.25, -0.2) is 32.5 Å². The van der Waals surface area contributed by atoms with E-state index >= 15 is 8.78 Å². The largest absolute Gasteiger partial charge is 0.493 e. The molecule has 0 aliphatic carbocycles. The topological polar surface area (TPSA) is 132 Å². The maximum atomic E-state index is 16.0. The van der Waals surface area contributed by atoms with E-state index in [4.69, 9.17) is 18.4 Å². The van der Waals surface area contributed by atoms with Crippen LogP contribution in [-0.4, -0.2) is 64.4 Å². The highest BCUT2D eigenvalue weighted by molar-refractivity contribution is 7.86. The minimum Gasteiger partial charge on any atom is -0.493 e. The third-order valence-corrected chi connectivity index (χ3v) is 10.6. The second kappa shape index (κ2) is 14.2. The van der Waals surface area contributed by atoms with Gasteiger partial charge in [-0.05, 0) is 50.1 Å². The summed E-state index contributed by atoms with van der Waals surface area (Å²) in [6.45, 7) is 2.45. The van der Waals surface area contributed by atoms with Crippen LogP contribution in [0.25, 0.3) is 0 Å². The first-order valence-corrected chi connectivity index (χ1v) is 17.7. The number of ether oxygens (including phenoxy) is 3. The Hall–Kier alpha value is -4.64. The smallest absolute Gasteiger partial charge is 0.296 e. The van der Waals surface area contributed by atoms with E-state index in [9.17, 15) is 12.8 Å². The number of aryl methyl sites for hydroxylation is 1. The van der Waals surface area contributed by atoms with Crippen molar-refractivity contribution in [2.24, 2.45) is 11.8 Å². The van der Waals surface area contributed by atoms with Gasteiger partial charge in [0.2, 0.25) is 0 Å². The quantitative estimate of drug-likeness (QED) is 0.154. The molecule has 7 rings (SSSR count). The minimum atomic E-state index is -4.01. The molecule has 51 heavy (non-hydrogen) atoms. The van der Waals surface area contributed by atoms with Crippen LogP contribution in [0, 0.1) is 36.2 Å². The molecule has 4 heterocycles. The molecular weight excluding hydrogens is 689 g/mol. The van der Waals surface area contributed by atoms with Crippen LogP contribution in [0.2, 0.25) is 0 Å². The molecular formula is C35H35F3N6O6S. The van der Waals surface area contributed by atoms with E-state index in [2.05, 4.69) is 20.2 Å². The number of hydrogen-bond donors (Lipinski definition) is 0. The van der Waals surface area contributed by atoms with Crippen molar-refractivity contribution < 1.29 is 40.0 Å². The summed E-state index contributed by atoms with van der Waals surface area (Å²) in [6.07, 6.45) is 6.29. The second-order valence-electron chi connectivity index (χ2n) is 13.1. The van der Waals surface area contributed by atoms with Crippen molar-refractivity contribution in [3.05, 3.63) is 120 Å². The molecule has 0 amide bonds. The molecule has 0 spiro atoms. The van der Waals surface area contributed by atoms with E-state index in [0.29, 0.717) is 6.42 Å². The van der Waals surface area contributed by atoms with Gasteiger partial charge >= 0.3 is 0 Å². The fraction of sp³-hybridized carbons (Fsp3) is 0.371. The van der Waals surface area contributed by atoms with E-state index in [1.165, 1.54) is 65.0 Å². The first-order chi connectivity index (χ1) is 24.5. The Morgan fingerprint density at radius 1 is 0.784 bits per heavy atom. The average molecular weight is 725 g/mol. The van der Waals surface area contributed by atoms with Gasteiger partial charge < -0.3 is 14.2 Å². The lowest BCUT2D eigenvalue weighted by Crippen LogP contribution is -2.33. The maximum absolute atomic E-state index is 16.0. The molecule has 3 aromatic carbocycles. The predicted octanol–water partition coefficient (Wildman–Crippen LogP) is 4.94. The van der Waals surface area contributed by atoms with Gasteiger partial charge in [-0.3, -0.25) is 4.18 Å². The summed E-state index contributed by atoms with van der Waals surface area (Å²) >= 11 is 0. The van der Waals surface area contributed by atoms with Crippen LogP contribution in [0.3, 0.4) is 0 Å². The number of benzene rings is 3. The lowest BCUT2D eigenvalue weighted by molar-refractivity contribution is -0.0207. The third-order valence-electron chi connectivity index (χ3n) is 9.30. The van der Waals surface area contributed by atoms with E-state index in [1.54, 1.807) is 24.3 Å². The van der Waals surface area contributed by atoms with Crippen molar-refractivity contribution >= 4 is 10.1 Å². The summed E-state index contributed by atoms with van der Waals surface area (Å²) in [5, 5.41) is 8.32. The summed E-state index contributed by atoms with van der Waals surface area (Å²) in [5.74, 6) is -2.33. The number of rotatable bonds is 13. The maximum Gasteiger partial charge on any atom is 0.296 e. The molecule has 2 aromatic heterocycles. The van der Waals surface area contributed by atoms with E-state index in [1.807, 2.05) is 6.92 Å². The molecule has 16 heteroatoms. The van der Waals surface area contributed by atoms with E-state index in [-0.39, 0.29) is 79.5 Å². The highest BCUT2D eigenvalue weighted by Crippen LogP contribution is 2.44. The molecule has 0 N–H and O–H groups in total. The summed E-state index contributed by atoms with van der Waals surface area (Å²) in [7, 11) is -4.01. The third kappa shape index (κ3) is 7.54. The molecule has 4 atom stereocenters. The highest BCUT2D eigenvalue weighted by Gasteiger charge is 2.46. The van der Waals surface area contributed by atoms with Gasteiger partial charge in [-0.1, -0.05) is 23.8 Å². The van der Waals surface area contributed by atoms with Crippen LogP contribution in [0.5, 0.6) is 5.75 Å². The van der Waals surface area contributed by atoms with Crippen molar-refractivity contribution in [1.82, 2.24) is 29.5 Å². The zero-order valence-electron chi connectivity index (χ0n) is 27.6. The number of aromatic nitrogens is 6. The van der Waals surface area contributed by atoms with Gasteiger partial charge in [0.15, 0.2) is 0 Å². The molecule has 0 saturated carbocycles. The first kappa shape index (κ1) is 34.8. The Morgan fingerprint density at radius 2 is 1.35 bits per heavy atom. The fourth-order valence-corrected chi connectivity index (χ4v) is 7.82. The van der Waals surface area contributed by atoms with Crippen LogP contribution in [0.4, 0.5) is 13.2 Å². The van der Waals surface area contributed by atoms with Gasteiger partial charge in [0.1, 0.15) is 59.7 Å². The molecule has 0 bridgehead atoms. The Bertz CT molecular complexity index is 2070.